The van der Waals surface area contributed by atoms with Gasteiger partial charge in [0.1, 0.15) is 0 Å². The van der Waals surface area contributed by atoms with E-state index in [0.717, 1.165) is 24.3 Å². The summed E-state index contributed by atoms with van der Waals surface area (Å²) < 4.78 is 82.1. The van der Waals surface area contributed by atoms with Gasteiger partial charge in [0.05, 0.1) is 18.6 Å². The lowest BCUT2D eigenvalue weighted by atomic mass is 10.2. The summed E-state index contributed by atoms with van der Waals surface area (Å²) in [6.07, 6.45) is -5.35. The molecule has 0 radical (unpaired) electrons. The maximum absolute atomic E-state index is 13.7. The van der Waals surface area contributed by atoms with Crippen LogP contribution in [0.3, 0.4) is 0 Å². The van der Waals surface area contributed by atoms with Crippen LogP contribution in [0.5, 0.6) is 5.88 Å². The van der Waals surface area contributed by atoms with E-state index in [4.69, 9.17) is 4.74 Å². The summed E-state index contributed by atoms with van der Waals surface area (Å²) in [4.78, 5) is 24.1. The number of esters is 1. The molecule has 0 saturated heterocycles. The molecule has 0 saturated carbocycles. The summed E-state index contributed by atoms with van der Waals surface area (Å²) in [5, 5.41) is 10.8. The summed E-state index contributed by atoms with van der Waals surface area (Å²) in [6.45, 7) is 1.52. The molecule has 16 heteroatoms. The molecule has 0 aliphatic heterocycles. The number of methoxy groups -OCH3 is 1. The van der Waals surface area contributed by atoms with Crippen molar-refractivity contribution in [3.8, 4) is 5.88 Å². The van der Waals surface area contributed by atoms with Crippen LogP contribution >= 0.6 is 0 Å². The standard InChI is InChI=1S/C19H22F3N5O7S/c1-4-33-16(28)18(34-5-2,19(20,21)22)24-17(29)23-12-6-8-13(9-7-12)35(30,31)27-14-10-11-15(32-3)26-25-14/h6-11H,4-5H2,1-3H3,(H,25,27)(H2,23,24,29)/t18-/m1/s1. The number of aromatic nitrogens is 2. The first-order valence-electron chi connectivity index (χ1n) is 9.86. The normalized spacial score (nSPS) is 13.3. The highest BCUT2D eigenvalue weighted by atomic mass is 32.2. The van der Waals surface area contributed by atoms with E-state index >= 15 is 0 Å². The molecule has 1 atom stereocenters. The van der Waals surface area contributed by atoms with Crippen LogP contribution in [0.15, 0.2) is 41.3 Å². The number of urea groups is 1. The topological polar surface area (TPSA) is 158 Å². The lowest BCUT2D eigenvalue weighted by Gasteiger charge is -2.33. The van der Waals surface area contributed by atoms with Crippen molar-refractivity contribution in [1.82, 2.24) is 15.5 Å². The fourth-order valence-corrected chi connectivity index (χ4v) is 3.58. The third-order valence-electron chi connectivity index (χ3n) is 4.12. The second-order valence-corrected chi connectivity index (χ2v) is 8.18. The number of hydrogen-bond donors (Lipinski definition) is 3. The number of nitrogens with one attached hydrogen (secondary N) is 3. The van der Waals surface area contributed by atoms with Crippen molar-refractivity contribution in [2.45, 2.75) is 30.6 Å². The second kappa shape index (κ2) is 11.2. The maximum Gasteiger partial charge on any atom is 0.448 e. The van der Waals surface area contributed by atoms with Gasteiger partial charge in [0, 0.05) is 18.4 Å². The number of halogens is 3. The second-order valence-electron chi connectivity index (χ2n) is 6.50. The van der Waals surface area contributed by atoms with Crippen molar-refractivity contribution in [3.05, 3.63) is 36.4 Å². The zero-order chi connectivity index (χ0) is 26.3. The number of amides is 2. The lowest BCUT2D eigenvalue weighted by molar-refractivity contribution is -0.282. The Hall–Kier alpha value is -3.66. The van der Waals surface area contributed by atoms with Crippen LogP contribution in [0.1, 0.15) is 13.8 Å². The minimum atomic E-state index is -5.35. The number of hydrogen-bond acceptors (Lipinski definition) is 9. The number of rotatable bonds is 10. The number of carbonyl (C=O) groups excluding carboxylic acids is 2. The van der Waals surface area contributed by atoms with E-state index in [9.17, 15) is 31.2 Å². The van der Waals surface area contributed by atoms with Crippen molar-refractivity contribution in [2.24, 2.45) is 0 Å². The van der Waals surface area contributed by atoms with E-state index in [2.05, 4.69) is 29.7 Å². The van der Waals surface area contributed by atoms with Crippen LogP contribution in [0, 0.1) is 0 Å². The summed E-state index contributed by atoms with van der Waals surface area (Å²) in [6, 6.07) is 5.65. The van der Waals surface area contributed by atoms with Crippen molar-refractivity contribution in [1.29, 1.82) is 0 Å². The number of carbonyl (C=O) groups is 2. The Balaban J connectivity index is 2.16. The summed E-state index contributed by atoms with van der Waals surface area (Å²) in [7, 11) is -2.74. The Morgan fingerprint density at radius 3 is 2.14 bits per heavy atom. The van der Waals surface area contributed by atoms with Crippen molar-refractivity contribution < 1.29 is 45.4 Å². The third-order valence-corrected chi connectivity index (χ3v) is 5.49. The van der Waals surface area contributed by atoms with Gasteiger partial charge in [-0.2, -0.15) is 13.2 Å². The van der Waals surface area contributed by atoms with Gasteiger partial charge in [-0.25, -0.2) is 18.0 Å². The number of benzene rings is 1. The van der Waals surface area contributed by atoms with Gasteiger partial charge in [-0.1, -0.05) is 0 Å². The number of alkyl halides is 3. The van der Waals surface area contributed by atoms with E-state index in [1.807, 2.05) is 0 Å². The fraction of sp³-hybridized carbons (Fsp3) is 0.368. The minimum absolute atomic E-state index is 0.0814. The zero-order valence-corrected chi connectivity index (χ0v) is 19.5. The first kappa shape index (κ1) is 27.6. The molecule has 2 amide bonds. The molecule has 3 N–H and O–H groups in total. The molecule has 0 spiro atoms. The van der Waals surface area contributed by atoms with Crippen LogP contribution in [0.25, 0.3) is 0 Å². The van der Waals surface area contributed by atoms with Gasteiger partial charge in [-0.15, -0.1) is 10.2 Å². The molecule has 2 aromatic rings. The molecule has 0 aliphatic carbocycles. The number of anilines is 2. The van der Waals surface area contributed by atoms with Crippen molar-refractivity contribution in [2.75, 3.05) is 30.4 Å². The summed E-state index contributed by atoms with van der Waals surface area (Å²) in [5.41, 5.74) is -3.82. The molecule has 192 valence electrons. The predicted molar refractivity (Wildman–Crippen MR) is 115 cm³/mol. The van der Waals surface area contributed by atoms with Crippen molar-refractivity contribution >= 4 is 33.5 Å². The Kier molecular flexibility index (Phi) is 8.81. The largest absolute Gasteiger partial charge is 0.480 e. The fourth-order valence-electron chi connectivity index (χ4n) is 2.58. The molecular weight excluding hydrogens is 499 g/mol. The maximum atomic E-state index is 13.7. The van der Waals surface area contributed by atoms with Crippen LogP contribution in [0.2, 0.25) is 0 Å². The highest BCUT2D eigenvalue weighted by molar-refractivity contribution is 7.92. The monoisotopic (exact) mass is 521 g/mol. The minimum Gasteiger partial charge on any atom is -0.480 e. The van der Waals surface area contributed by atoms with E-state index < -0.39 is 40.5 Å². The average molecular weight is 521 g/mol. The van der Waals surface area contributed by atoms with Crippen LogP contribution in [0.4, 0.5) is 29.5 Å². The van der Waals surface area contributed by atoms with E-state index in [1.54, 1.807) is 0 Å². The Morgan fingerprint density at radius 1 is 1.00 bits per heavy atom. The molecule has 1 aromatic carbocycles. The van der Waals surface area contributed by atoms with Gasteiger partial charge in [0.2, 0.25) is 5.88 Å². The molecule has 0 unspecified atom stereocenters. The van der Waals surface area contributed by atoms with Gasteiger partial charge in [0.25, 0.3) is 10.0 Å². The molecule has 0 bridgehead atoms. The predicted octanol–water partition coefficient (Wildman–Crippen LogP) is 2.27. The van der Waals surface area contributed by atoms with Gasteiger partial charge in [-0.3, -0.25) is 10.0 Å². The Morgan fingerprint density at radius 2 is 1.66 bits per heavy atom. The first-order chi connectivity index (χ1) is 16.4. The molecule has 0 aliphatic rings. The van der Waals surface area contributed by atoms with E-state index in [0.29, 0.717) is 0 Å². The number of ether oxygens (including phenoxy) is 3. The zero-order valence-electron chi connectivity index (χ0n) is 18.7. The Bertz CT molecular complexity index is 1130. The van der Waals surface area contributed by atoms with E-state index in [-0.39, 0.29) is 28.9 Å². The molecule has 1 aromatic heterocycles. The van der Waals surface area contributed by atoms with Gasteiger partial charge in [-0.05, 0) is 44.2 Å². The summed E-state index contributed by atoms with van der Waals surface area (Å²) >= 11 is 0. The summed E-state index contributed by atoms with van der Waals surface area (Å²) in [5.74, 6) is -1.77. The quantitative estimate of drug-likeness (QED) is 0.315. The highest BCUT2D eigenvalue weighted by Gasteiger charge is 2.64. The van der Waals surface area contributed by atoms with Crippen LogP contribution in [-0.4, -0.2) is 62.8 Å². The van der Waals surface area contributed by atoms with Crippen molar-refractivity contribution in [3.63, 3.8) is 0 Å². The highest BCUT2D eigenvalue weighted by Crippen LogP contribution is 2.33. The number of sulfonamides is 1. The molecule has 0 fully saturated rings. The molecule has 12 nitrogen and oxygen atoms in total. The molecular formula is C19H22F3N5O7S. The van der Waals surface area contributed by atoms with Gasteiger partial charge >= 0.3 is 23.9 Å². The molecule has 35 heavy (non-hydrogen) atoms. The van der Waals surface area contributed by atoms with E-state index in [1.165, 1.54) is 38.4 Å². The molecule has 1 heterocycles. The first-order valence-corrected chi connectivity index (χ1v) is 11.3. The van der Waals surface area contributed by atoms with Crippen LogP contribution in [-0.2, 0) is 24.3 Å². The Labute approximate surface area is 198 Å². The average Bonchev–Trinajstić information content (AvgIpc) is 2.78. The lowest BCUT2D eigenvalue weighted by Crippen LogP contribution is -2.67. The van der Waals surface area contributed by atoms with Gasteiger partial charge < -0.3 is 19.5 Å². The van der Waals surface area contributed by atoms with Gasteiger partial charge in [0.15, 0.2) is 5.82 Å². The SMILES string of the molecule is CCOC(=O)[C@@](NC(=O)Nc1ccc(S(=O)(=O)Nc2ccc(OC)nn2)cc1)(OCC)C(F)(F)F. The number of nitrogens with zero attached hydrogens (tertiary/aromatic N) is 2. The third kappa shape index (κ3) is 6.69. The van der Waals surface area contributed by atoms with Crippen LogP contribution < -0.4 is 20.1 Å². The molecule has 2 rings (SSSR count). The smallest absolute Gasteiger partial charge is 0.448 e.